The van der Waals surface area contributed by atoms with Gasteiger partial charge in [0.2, 0.25) is 0 Å². The first-order valence-electron chi connectivity index (χ1n) is 9.89. The molecule has 0 radical (unpaired) electrons. The molecule has 26 heavy (non-hydrogen) atoms. The van der Waals surface area contributed by atoms with Crippen molar-refractivity contribution in [3.63, 3.8) is 0 Å². The van der Waals surface area contributed by atoms with Crippen LogP contribution in [0.1, 0.15) is 74.6 Å². The molecule has 1 aromatic rings. The van der Waals surface area contributed by atoms with Crippen molar-refractivity contribution >= 4 is 27.8 Å². The number of esters is 1. The molecule has 5 heteroatoms. The smallest absolute Gasteiger partial charge is 0.338 e. The van der Waals surface area contributed by atoms with E-state index in [2.05, 4.69) is 20.8 Å². The van der Waals surface area contributed by atoms with Crippen molar-refractivity contribution < 1.29 is 14.3 Å². The van der Waals surface area contributed by atoms with Crippen molar-refractivity contribution in [1.82, 2.24) is 4.90 Å². The van der Waals surface area contributed by atoms with Gasteiger partial charge in [0, 0.05) is 16.6 Å². The number of carbonyl (C=O) groups excluding carboxylic acids is 2. The lowest BCUT2D eigenvalue weighted by atomic mass is 9.88. The monoisotopic (exact) mass is 421 g/mol. The van der Waals surface area contributed by atoms with Crippen molar-refractivity contribution in [1.29, 1.82) is 0 Å². The summed E-state index contributed by atoms with van der Waals surface area (Å²) in [4.78, 5) is 27.3. The Morgan fingerprint density at radius 3 is 2.08 bits per heavy atom. The van der Waals surface area contributed by atoms with E-state index >= 15 is 0 Å². The van der Waals surface area contributed by atoms with Gasteiger partial charge in [0.05, 0.1) is 5.56 Å². The summed E-state index contributed by atoms with van der Waals surface area (Å²) >= 11 is 3.35. The zero-order valence-corrected chi connectivity index (χ0v) is 16.9. The van der Waals surface area contributed by atoms with Crippen LogP contribution in [-0.4, -0.2) is 35.5 Å². The van der Waals surface area contributed by atoms with E-state index in [1.807, 2.05) is 6.07 Å². The Bertz CT molecular complexity index is 603. The molecule has 0 aliphatic heterocycles. The number of halogens is 1. The molecule has 0 N–H and O–H groups in total. The number of carbonyl (C=O) groups is 2. The summed E-state index contributed by atoms with van der Waals surface area (Å²) in [6.07, 6.45) is 11.6. The zero-order chi connectivity index (χ0) is 18.4. The quantitative estimate of drug-likeness (QED) is 0.621. The summed E-state index contributed by atoms with van der Waals surface area (Å²) in [7, 11) is 0. The number of rotatable bonds is 5. The van der Waals surface area contributed by atoms with E-state index in [1.54, 1.807) is 18.2 Å². The van der Waals surface area contributed by atoms with E-state index in [1.165, 1.54) is 38.5 Å². The molecule has 1 aromatic carbocycles. The first kappa shape index (κ1) is 19.4. The number of amides is 1. The first-order valence-corrected chi connectivity index (χ1v) is 10.7. The van der Waals surface area contributed by atoms with Gasteiger partial charge >= 0.3 is 5.97 Å². The van der Waals surface area contributed by atoms with Gasteiger partial charge < -0.3 is 9.64 Å². The molecule has 2 fully saturated rings. The average molecular weight is 422 g/mol. The number of hydrogen-bond acceptors (Lipinski definition) is 3. The molecule has 0 unspecified atom stereocenters. The van der Waals surface area contributed by atoms with Crippen LogP contribution in [0.5, 0.6) is 0 Å². The van der Waals surface area contributed by atoms with E-state index in [0.29, 0.717) is 17.6 Å². The Hall–Kier alpha value is -1.36. The fraction of sp³-hybridized carbons (Fsp3) is 0.619. The molecule has 142 valence electrons. The SMILES string of the molecule is O=C(OCC(=O)N(C1CCCCC1)C1CCCCC1)c1cccc(Br)c1. The zero-order valence-electron chi connectivity index (χ0n) is 15.3. The normalized spacial score (nSPS) is 19.1. The molecule has 0 saturated heterocycles. The van der Waals surface area contributed by atoms with Crippen LogP contribution in [0.25, 0.3) is 0 Å². The molecule has 0 atom stereocenters. The summed E-state index contributed by atoms with van der Waals surface area (Å²) in [6.45, 7) is -0.154. The average Bonchev–Trinajstić information content (AvgIpc) is 2.68. The van der Waals surface area contributed by atoms with Gasteiger partial charge in [-0.05, 0) is 43.9 Å². The van der Waals surface area contributed by atoms with E-state index in [0.717, 1.165) is 30.2 Å². The predicted molar refractivity (Wildman–Crippen MR) is 105 cm³/mol. The van der Waals surface area contributed by atoms with Crippen LogP contribution in [0.3, 0.4) is 0 Å². The maximum Gasteiger partial charge on any atom is 0.338 e. The predicted octanol–water partition coefficient (Wildman–Crippen LogP) is 5.10. The summed E-state index contributed by atoms with van der Waals surface area (Å²) in [5.74, 6) is -0.459. The number of benzene rings is 1. The first-order chi connectivity index (χ1) is 12.6. The van der Waals surface area contributed by atoms with Crippen molar-refractivity contribution in [2.75, 3.05) is 6.61 Å². The highest BCUT2D eigenvalue weighted by Gasteiger charge is 2.32. The molecule has 3 rings (SSSR count). The highest BCUT2D eigenvalue weighted by Crippen LogP contribution is 2.30. The Kier molecular flexibility index (Phi) is 7.12. The van der Waals surface area contributed by atoms with E-state index in [-0.39, 0.29) is 12.5 Å². The summed E-state index contributed by atoms with van der Waals surface area (Å²) < 4.78 is 6.18. The third-order valence-corrected chi connectivity index (χ3v) is 6.10. The Morgan fingerprint density at radius 2 is 1.54 bits per heavy atom. The molecule has 2 aliphatic rings. The number of ether oxygens (including phenoxy) is 1. The Balaban J connectivity index is 1.63. The minimum Gasteiger partial charge on any atom is -0.452 e. The lowest BCUT2D eigenvalue weighted by molar-refractivity contribution is -0.141. The van der Waals surface area contributed by atoms with Gasteiger partial charge in [0.25, 0.3) is 5.91 Å². The van der Waals surface area contributed by atoms with Crippen LogP contribution >= 0.6 is 15.9 Å². The van der Waals surface area contributed by atoms with Gasteiger partial charge in [-0.15, -0.1) is 0 Å². The van der Waals surface area contributed by atoms with Crippen LogP contribution in [0.15, 0.2) is 28.7 Å². The van der Waals surface area contributed by atoms with Gasteiger partial charge in [-0.3, -0.25) is 4.79 Å². The third kappa shape index (κ3) is 5.09. The second-order valence-electron chi connectivity index (χ2n) is 7.47. The molecule has 0 aromatic heterocycles. The maximum atomic E-state index is 13.0. The van der Waals surface area contributed by atoms with Crippen molar-refractivity contribution in [2.24, 2.45) is 0 Å². The van der Waals surface area contributed by atoms with Gasteiger partial charge in [0.15, 0.2) is 6.61 Å². The van der Waals surface area contributed by atoms with Crippen LogP contribution < -0.4 is 0 Å². The molecule has 0 bridgehead atoms. The van der Waals surface area contributed by atoms with Gasteiger partial charge in [-0.1, -0.05) is 60.5 Å². The van der Waals surface area contributed by atoms with Crippen molar-refractivity contribution in [2.45, 2.75) is 76.3 Å². The summed E-state index contributed by atoms with van der Waals surface area (Å²) in [5.41, 5.74) is 0.467. The highest BCUT2D eigenvalue weighted by molar-refractivity contribution is 9.10. The topological polar surface area (TPSA) is 46.6 Å². The number of hydrogen-bond donors (Lipinski definition) is 0. The maximum absolute atomic E-state index is 13.0. The van der Waals surface area contributed by atoms with E-state index in [9.17, 15) is 9.59 Å². The molecular weight excluding hydrogens is 394 g/mol. The fourth-order valence-corrected chi connectivity index (χ4v) is 4.72. The summed E-state index contributed by atoms with van der Waals surface area (Å²) in [6, 6.07) is 7.71. The molecule has 4 nitrogen and oxygen atoms in total. The Labute approximate surface area is 164 Å². The van der Waals surface area contributed by atoms with Crippen LogP contribution in [0, 0.1) is 0 Å². The summed E-state index contributed by atoms with van der Waals surface area (Å²) in [5, 5.41) is 0. The molecule has 2 aliphatic carbocycles. The lowest BCUT2D eigenvalue weighted by Crippen LogP contribution is -2.50. The molecule has 0 spiro atoms. The second kappa shape index (κ2) is 9.54. The minimum atomic E-state index is -0.438. The van der Waals surface area contributed by atoms with E-state index < -0.39 is 5.97 Å². The third-order valence-electron chi connectivity index (χ3n) is 5.61. The van der Waals surface area contributed by atoms with Crippen LogP contribution in [-0.2, 0) is 9.53 Å². The van der Waals surface area contributed by atoms with E-state index in [4.69, 9.17) is 4.74 Å². The number of nitrogens with zero attached hydrogens (tertiary/aromatic N) is 1. The van der Waals surface area contributed by atoms with Crippen LogP contribution in [0.2, 0.25) is 0 Å². The molecule has 2 saturated carbocycles. The highest BCUT2D eigenvalue weighted by atomic mass is 79.9. The lowest BCUT2D eigenvalue weighted by Gasteiger charge is -2.41. The Morgan fingerprint density at radius 1 is 0.962 bits per heavy atom. The van der Waals surface area contributed by atoms with Crippen LogP contribution in [0.4, 0.5) is 0 Å². The molecular formula is C21H28BrNO3. The molecule has 1 amide bonds. The van der Waals surface area contributed by atoms with Crippen molar-refractivity contribution in [3.05, 3.63) is 34.3 Å². The minimum absolute atomic E-state index is 0.0212. The van der Waals surface area contributed by atoms with Gasteiger partial charge in [-0.25, -0.2) is 4.79 Å². The fourth-order valence-electron chi connectivity index (χ4n) is 4.32. The van der Waals surface area contributed by atoms with Gasteiger partial charge in [-0.2, -0.15) is 0 Å². The second-order valence-corrected chi connectivity index (χ2v) is 8.39. The van der Waals surface area contributed by atoms with Crippen molar-refractivity contribution in [3.8, 4) is 0 Å². The largest absolute Gasteiger partial charge is 0.452 e. The van der Waals surface area contributed by atoms with Gasteiger partial charge in [0.1, 0.15) is 0 Å². The standard InChI is InChI=1S/C21H28BrNO3/c22-17-9-7-8-16(14-17)21(25)26-15-20(24)23(18-10-3-1-4-11-18)19-12-5-2-6-13-19/h7-9,14,18-19H,1-6,10-13,15H2. The molecule has 0 heterocycles.